The summed E-state index contributed by atoms with van der Waals surface area (Å²) < 4.78 is 26.2. The summed E-state index contributed by atoms with van der Waals surface area (Å²) in [6.45, 7) is 14.0. The number of imide groups is 2. The molecule has 4 amide bonds. The van der Waals surface area contributed by atoms with Crippen LogP contribution in [0.1, 0.15) is 48.5 Å². The van der Waals surface area contributed by atoms with E-state index in [0.29, 0.717) is 26.4 Å². The average molecular weight is 659 g/mol. The zero-order valence-corrected chi connectivity index (χ0v) is 28.1. The number of nitrogens with zero attached hydrogens (tertiary/aromatic N) is 2. The van der Waals surface area contributed by atoms with E-state index in [9.17, 15) is 19.2 Å². The Kier molecular flexibility index (Phi) is 22.5. The Morgan fingerprint density at radius 1 is 0.763 bits per heavy atom. The smallest absolute Gasteiger partial charge is 0.416 e. The Morgan fingerprint density at radius 2 is 1.13 bits per heavy atom. The van der Waals surface area contributed by atoms with Crippen LogP contribution < -0.4 is 0 Å². The molecule has 0 unspecified atom stereocenters. The van der Waals surface area contributed by atoms with Gasteiger partial charge in [0, 0.05) is 13.1 Å². The second-order valence-electron chi connectivity index (χ2n) is 6.90. The van der Waals surface area contributed by atoms with Gasteiger partial charge in [-0.2, -0.15) is 0 Å². The molecule has 0 radical (unpaired) electrons. The highest BCUT2D eigenvalue weighted by atomic mass is 32.9. The molecule has 0 bridgehead atoms. The number of ether oxygens (including phenoxy) is 1. The molecule has 0 rings (SSSR count). The minimum absolute atomic E-state index is 0.0204. The standard InChI is InChI=1S/2C10H20NO5PS2/c1-5-15-17(18,16-6-2)19-7-9(12)11(8(3)4)10(13)14;1-5-14-10(13)11(4)9(12)8-19-17(18,15-6-2)16-7-3/h8H,5-7H2,1-4H3,(H,13,14);5-8H2,1-4H3. The summed E-state index contributed by atoms with van der Waals surface area (Å²) in [5, 5.41) is 8.97. The van der Waals surface area contributed by atoms with E-state index in [1.807, 2.05) is 13.8 Å². The van der Waals surface area contributed by atoms with Crippen molar-refractivity contribution in [1.29, 1.82) is 0 Å². The zero-order valence-electron chi connectivity index (χ0n) is 23.1. The summed E-state index contributed by atoms with van der Waals surface area (Å²) >= 11 is 12.7. The van der Waals surface area contributed by atoms with Gasteiger partial charge in [0.05, 0.1) is 44.5 Å². The van der Waals surface area contributed by atoms with Crippen LogP contribution in [0.2, 0.25) is 0 Å². The lowest BCUT2D eigenvalue weighted by Gasteiger charge is -2.23. The fraction of sp³-hybridized carbons (Fsp3) is 0.800. The fourth-order valence-electron chi connectivity index (χ4n) is 2.23. The van der Waals surface area contributed by atoms with Crippen LogP contribution in [-0.4, -0.2) is 96.5 Å². The molecule has 0 fully saturated rings. The molecule has 0 aliphatic carbocycles. The lowest BCUT2D eigenvalue weighted by molar-refractivity contribution is -0.128. The molecule has 0 atom stereocenters. The van der Waals surface area contributed by atoms with Crippen LogP contribution in [0.25, 0.3) is 0 Å². The van der Waals surface area contributed by atoms with Gasteiger partial charge in [0.25, 0.3) is 0 Å². The van der Waals surface area contributed by atoms with Crippen molar-refractivity contribution in [2.45, 2.75) is 54.5 Å². The zero-order chi connectivity index (χ0) is 29.9. The molecule has 0 aliphatic rings. The summed E-state index contributed by atoms with van der Waals surface area (Å²) in [6.07, 6.45) is -1.93. The number of hydrogen-bond acceptors (Lipinski definition) is 13. The first-order chi connectivity index (χ1) is 17.7. The number of amides is 4. The van der Waals surface area contributed by atoms with Crippen LogP contribution >= 0.6 is 34.2 Å². The first-order valence-corrected chi connectivity index (χ1v) is 20.2. The van der Waals surface area contributed by atoms with Crippen molar-refractivity contribution in [3.63, 3.8) is 0 Å². The van der Waals surface area contributed by atoms with Gasteiger partial charge in [-0.1, -0.05) is 22.8 Å². The quantitative estimate of drug-likeness (QED) is 0.207. The molecular weight excluding hydrogens is 618 g/mol. The Balaban J connectivity index is 0. The Bertz CT molecular complexity index is 831. The van der Waals surface area contributed by atoms with Gasteiger partial charge in [-0.15, -0.1) is 0 Å². The minimum Gasteiger partial charge on any atom is -0.465 e. The van der Waals surface area contributed by atoms with E-state index in [0.717, 1.165) is 32.6 Å². The molecule has 224 valence electrons. The number of rotatable bonds is 16. The maximum absolute atomic E-state index is 11.9. The highest BCUT2D eigenvalue weighted by molar-refractivity contribution is 8.68. The van der Waals surface area contributed by atoms with Gasteiger partial charge in [0.1, 0.15) is 0 Å². The highest BCUT2D eigenvalue weighted by Gasteiger charge is 2.28. The van der Waals surface area contributed by atoms with Gasteiger partial charge in [-0.25, -0.2) is 19.4 Å². The van der Waals surface area contributed by atoms with Crippen molar-refractivity contribution < 1.29 is 47.1 Å². The van der Waals surface area contributed by atoms with E-state index in [1.165, 1.54) is 7.05 Å². The van der Waals surface area contributed by atoms with E-state index < -0.39 is 41.4 Å². The molecule has 12 nitrogen and oxygen atoms in total. The number of carbonyl (C=O) groups is 4. The third-order valence-electron chi connectivity index (χ3n) is 3.75. The average Bonchev–Trinajstić information content (AvgIpc) is 2.81. The van der Waals surface area contributed by atoms with Crippen LogP contribution in [-0.2, 0) is 56.0 Å². The monoisotopic (exact) mass is 658 g/mol. The molecule has 0 aromatic carbocycles. The van der Waals surface area contributed by atoms with Gasteiger partial charge in [-0.3, -0.25) is 9.59 Å². The minimum atomic E-state index is -2.56. The number of hydrogen-bond donors (Lipinski definition) is 1. The van der Waals surface area contributed by atoms with Gasteiger partial charge >= 0.3 is 12.2 Å². The maximum atomic E-state index is 11.9. The van der Waals surface area contributed by atoms with Crippen molar-refractivity contribution in [3.8, 4) is 0 Å². The summed E-state index contributed by atoms with van der Waals surface area (Å²) in [5.74, 6) is -0.952. The summed E-state index contributed by atoms with van der Waals surface area (Å²) in [6, 6.07) is -0.414. The molecule has 0 aromatic heterocycles. The third-order valence-corrected chi connectivity index (χ3v) is 14.5. The van der Waals surface area contributed by atoms with Crippen LogP contribution in [0.15, 0.2) is 0 Å². The van der Waals surface area contributed by atoms with Gasteiger partial charge in [-0.05, 0) is 72.1 Å². The predicted octanol–water partition coefficient (Wildman–Crippen LogP) is 5.56. The number of carbonyl (C=O) groups excluding carboxylic acids is 3. The molecule has 0 saturated carbocycles. The second kappa shape index (κ2) is 21.5. The summed E-state index contributed by atoms with van der Waals surface area (Å²) in [4.78, 5) is 47.7. The maximum Gasteiger partial charge on any atom is 0.416 e. The lowest BCUT2D eigenvalue weighted by Crippen LogP contribution is -2.42. The Labute approximate surface area is 244 Å². The van der Waals surface area contributed by atoms with Crippen molar-refractivity contribution >= 4 is 81.8 Å². The SMILES string of the molecule is CCOC(=O)N(C)C(=O)CSP(=S)(OCC)OCC.CCOP(=S)(OCC)SCC(=O)N(C(=O)O)C(C)C. The van der Waals surface area contributed by atoms with Crippen molar-refractivity contribution in [2.75, 3.05) is 51.6 Å². The Morgan fingerprint density at radius 3 is 1.42 bits per heavy atom. The van der Waals surface area contributed by atoms with E-state index in [1.54, 1.807) is 34.6 Å². The molecular formula is C20H40N2O10P2S4. The van der Waals surface area contributed by atoms with E-state index in [-0.39, 0.29) is 18.1 Å². The van der Waals surface area contributed by atoms with E-state index in [4.69, 9.17) is 51.6 Å². The molecule has 0 spiro atoms. The predicted molar refractivity (Wildman–Crippen MR) is 160 cm³/mol. The third kappa shape index (κ3) is 16.7. The van der Waals surface area contributed by atoms with Crippen LogP contribution in [0.5, 0.6) is 0 Å². The first kappa shape index (κ1) is 39.9. The number of carboxylic acid groups (broad SMARTS) is 1. The van der Waals surface area contributed by atoms with Gasteiger partial charge in [0.2, 0.25) is 23.2 Å². The first-order valence-electron chi connectivity index (χ1n) is 11.7. The van der Waals surface area contributed by atoms with Crippen molar-refractivity contribution in [2.24, 2.45) is 0 Å². The van der Waals surface area contributed by atoms with Crippen LogP contribution in [0.3, 0.4) is 0 Å². The van der Waals surface area contributed by atoms with E-state index >= 15 is 0 Å². The molecule has 0 saturated heterocycles. The van der Waals surface area contributed by atoms with Crippen molar-refractivity contribution in [1.82, 2.24) is 9.80 Å². The summed E-state index contributed by atoms with van der Waals surface area (Å²) in [7, 11) is 1.37. The molecule has 1 N–H and O–H groups in total. The van der Waals surface area contributed by atoms with Gasteiger partial charge in [0.15, 0.2) is 0 Å². The van der Waals surface area contributed by atoms with Crippen molar-refractivity contribution in [3.05, 3.63) is 0 Å². The topological polar surface area (TPSA) is 141 Å². The molecule has 0 aliphatic heterocycles. The lowest BCUT2D eigenvalue weighted by atomic mass is 10.3. The molecule has 18 heteroatoms. The van der Waals surface area contributed by atoms with Crippen LogP contribution in [0.4, 0.5) is 9.59 Å². The normalized spacial score (nSPS) is 11.4. The Hall–Kier alpha value is -0.280. The second-order valence-corrected chi connectivity index (χ2v) is 19.5. The molecule has 0 aromatic rings. The highest BCUT2D eigenvalue weighted by Crippen LogP contribution is 2.61. The largest absolute Gasteiger partial charge is 0.465 e. The molecule has 38 heavy (non-hydrogen) atoms. The fourth-order valence-corrected chi connectivity index (χ4v) is 10.8. The molecule has 0 heterocycles. The summed E-state index contributed by atoms with van der Waals surface area (Å²) in [5.41, 5.74) is -5.07. The van der Waals surface area contributed by atoms with E-state index in [2.05, 4.69) is 0 Å². The van der Waals surface area contributed by atoms with Crippen LogP contribution in [0, 0.1) is 0 Å². The van der Waals surface area contributed by atoms with Gasteiger partial charge < -0.3 is 27.9 Å².